The van der Waals surface area contributed by atoms with Crippen LogP contribution in [0, 0.1) is 0 Å². The number of ether oxygens (including phenoxy) is 2. The Bertz CT molecular complexity index is 607. The van der Waals surface area contributed by atoms with E-state index < -0.39 is 0 Å². The average Bonchev–Trinajstić information content (AvgIpc) is 2.47. The molecule has 0 saturated heterocycles. The fraction of sp³-hybridized carbons (Fsp3) is 0.235. The molecule has 110 valence electrons. The molecule has 4 nitrogen and oxygen atoms in total. The summed E-state index contributed by atoms with van der Waals surface area (Å²) in [6, 6.07) is 14.1. The maximum absolute atomic E-state index is 11.8. The second-order valence-electron chi connectivity index (χ2n) is 4.55. The summed E-state index contributed by atoms with van der Waals surface area (Å²) in [5.41, 5.74) is 1.56. The van der Waals surface area contributed by atoms with Crippen LogP contribution in [0.25, 0.3) is 0 Å². The lowest BCUT2D eigenvalue weighted by Crippen LogP contribution is -2.08. The van der Waals surface area contributed by atoms with E-state index >= 15 is 0 Å². The molecule has 4 heteroatoms. The molecule has 0 aliphatic heterocycles. The molecule has 0 spiro atoms. The first kappa shape index (κ1) is 14.9. The number of carbonyl (C=O) groups is 1. The van der Waals surface area contributed by atoms with Crippen LogP contribution < -0.4 is 4.74 Å². The molecule has 2 rings (SSSR count). The maximum atomic E-state index is 11.8. The monoisotopic (exact) mass is 286 g/mol. The zero-order valence-corrected chi connectivity index (χ0v) is 11.9. The molecule has 0 unspecified atom stereocenters. The van der Waals surface area contributed by atoms with Crippen LogP contribution in [0.1, 0.15) is 18.1 Å². The molecule has 0 bridgehead atoms. The van der Waals surface area contributed by atoms with Gasteiger partial charge in [-0.25, -0.2) is 0 Å². The van der Waals surface area contributed by atoms with Gasteiger partial charge in [-0.05, 0) is 30.7 Å². The first-order chi connectivity index (χ1) is 10.2. The van der Waals surface area contributed by atoms with Crippen LogP contribution in [0.2, 0.25) is 0 Å². The van der Waals surface area contributed by atoms with Crippen molar-refractivity contribution < 1.29 is 19.4 Å². The van der Waals surface area contributed by atoms with E-state index in [1.165, 1.54) is 0 Å². The van der Waals surface area contributed by atoms with E-state index in [2.05, 4.69) is 0 Å². The third-order valence-corrected chi connectivity index (χ3v) is 2.92. The van der Waals surface area contributed by atoms with Crippen LogP contribution >= 0.6 is 0 Å². The van der Waals surface area contributed by atoms with Gasteiger partial charge in [0.15, 0.2) is 0 Å². The number of phenolic OH excluding ortho intramolecular Hbond substituents is 1. The minimum Gasteiger partial charge on any atom is -0.508 e. The number of para-hydroxylation sites is 1. The highest BCUT2D eigenvalue weighted by molar-refractivity contribution is 5.72. The predicted octanol–water partition coefficient (Wildman–Crippen LogP) is 3.08. The first-order valence-electron chi connectivity index (χ1n) is 6.83. The smallest absolute Gasteiger partial charge is 0.310 e. The predicted molar refractivity (Wildman–Crippen MR) is 79.2 cm³/mol. The van der Waals surface area contributed by atoms with Gasteiger partial charge >= 0.3 is 5.97 Å². The van der Waals surface area contributed by atoms with Crippen molar-refractivity contribution in [2.75, 3.05) is 6.61 Å². The zero-order valence-electron chi connectivity index (χ0n) is 11.9. The highest BCUT2D eigenvalue weighted by Gasteiger charge is 2.08. The Morgan fingerprint density at radius 1 is 1.14 bits per heavy atom. The molecule has 0 amide bonds. The lowest BCUT2D eigenvalue weighted by Gasteiger charge is -2.10. The van der Waals surface area contributed by atoms with Gasteiger partial charge < -0.3 is 14.6 Å². The summed E-state index contributed by atoms with van der Waals surface area (Å²) < 4.78 is 10.7. The van der Waals surface area contributed by atoms with Crippen LogP contribution in [0.3, 0.4) is 0 Å². The number of hydrogen-bond acceptors (Lipinski definition) is 4. The Morgan fingerprint density at radius 3 is 2.71 bits per heavy atom. The van der Waals surface area contributed by atoms with Crippen LogP contribution in [0.15, 0.2) is 48.5 Å². The van der Waals surface area contributed by atoms with Crippen molar-refractivity contribution in [2.45, 2.75) is 20.0 Å². The third kappa shape index (κ3) is 4.53. The molecule has 0 radical (unpaired) electrons. The molecule has 0 saturated carbocycles. The molecule has 0 aromatic heterocycles. The zero-order chi connectivity index (χ0) is 15.1. The van der Waals surface area contributed by atoms with Gasteiger partial charge in [0, 0.05) is 5.56 Å². The highest BCUT2D eigenvalue weighted by atomic mass is 16.5. The molecule has 1 N–H and O–H groups in total. The van der Waals surface area contributed by atoms with Crippen molar-refractivity contribution in [3.63, 3.8) is 0 Å². The standard InChI is InChI=1S/C17H18O4/c1-2-20-16-9-4-3-7-14(16)12-21-17(19)11-13-6-5-8-15(18)10-13/h3-10,18H,2,11-12H2,1H3. The molecule has 2 aromatic carbocycles. The van der Waals surface area contributed by atoms with E-state index in [-0.39, 0.29) is 24.7 Å². The van der Waals surface area contributed by atoms with Gasteiger partial charge in [0.25, 0.3) is 0 Å². The number of hydrogen-bond donors (Lipinski definition) is 1. The second-order valence-corrected chi connectivity index (χ2v) is 4.55. The van der Waals surface area contributed by atoms with Crippen LogP contribution in [0.5, 0.6) is 11.5 Å². The van der Waals surface area contributed by atoms with E-state index in [0.717, 1.165) is 16.9 Å². The lowest BCUT2D eigenvalue weighted by atomic mass is 10.1. The largest absolute Gasteiger partial charge is 0.508 e. The van der Waals surface area contributed by atoms with Gasteiger partial charge in [0.2, 0.25) is 0 Å². The molecular weight excluding hydrogens is 268 g/mol. The Hall–Kier alpha value is -2.49. The SMILES string of the molecule is CCOc1ccccc1COC(=O)Cc1cccc(O)c1. The number of rotatable bonds is 6. The van der Waals surface area contributed by atoms with Crippen LogP contribution in [-0.2, 0) is 22.6 Å². The minimum absolute atomic E-state index is 0.130. The topological polar surface area (TPSA) is 55.8 Å². The number of aromatic hydroxyl groups is 1. The Kier molecular flexibility index (Phi) is 5.21. The van der Waals surface area contributed by atoms with Crippen molar-refractivity contribution in [2.24, 2.45) is 0 Å². The van der Waals surface area contributed by atoms with Gasteiger partial charge in [-0.2, -0.15) is 0 Å². The Labute approximate surface area is 123 Å². The van der Waals surface area contributed by atoms with E-state index in [1.807, 2.05) is 31.2 Å². The molecule has 2 aromatic rings. The van der Waals surface area contributed by atoms with E-state index in [9.17, 15) is 9.90 Å². The summed E-state index contributed by atoms with van der Waals surface area (Å²) in [7, 11) is 0. The summed E-state index contributed by atoms with van der Waals surface area (Å²) in [5.74, 6) is 0.527. The molecular formula is C17H18O4. The minimum atomic E-state index is -0.341. The molecule has 21 heavy (non-hydrogen) atoms. The van der Waals surface area contributed by atoms with E-state index in [4.69, 9.17) is 9.47 Å². The fourth-order valence-corrected chi connectivity index (χ4v) is 1.96. The van der Waals surface area contributed by atoms with Crippen LogP contribution in [-0.4, -0.2) is 17.7 Å². The van der Waals surface area contributed by atoms with Crippen molar-refractivity contribution in [1.29, 1.82) is 0 Å². The quantitative estimate of drug-likeness (QED) is 0.829. The average molecular weight is 286 g/mol. The molecule has 0 aliphatic rings. The molecule has 0 fully saturated rings. The highest BCUT2D eigenvalue weighted by Crippen LogP contribution is 2.19. The maximum Gasteiger partial charge on any atom is 0.310 e. The van der Waals surface area contributed by atoms with Crippen molar-refractivity contribution in [1.82, 2.24) is 0 Å². The van der Waals surface area contributed by atoms with E-state index in [1.54, 1.807) is 24.3 Å². The molecule has 0 atom stereocenters. The summed E-state index contributed by atoms with van der Waals surface area (Å²) in [6.07, 6.45) is 0.130. The third-order valence-electron chi connectivity index (χ3n) is 2.92. The summed E-state index contributed by atoms with van der Waals surface area (Å²) >= 11 is 0. The summed E-state index contributed by atoms with van der Waals surface area (Å²) in [5, 5.41) is 9.36. The molecule has 0 aliphatic carbocycles. The number of esters is 1. The van der Waals surface area contributed by atoms with E-state index in [0.29, 0.717) is 6.61 Å². The Balaban J connectivity index is 1.92. The van der Waals surface area contributed by atoms with Crippen molar-refractivity contribution >= 4 is 5.97 Å². The van der Waals surface area contributed by atoms with Gasteiger partial charge in [-0.15, -0.1) is 0 Å². The van der Waals surface area contributed by atoms with Crippen LogP contribution in [0.4, 0.5) is 0 Å². The summed E-state index contributed by atoms with van der Waals surface area (Å²) in [4.78, 5) is 11.8. The van der Waals surface area contributed by atoms with Gasteiger partial charge in [-0.3, -0.25) is 4.79 Å². The second kappa shape index (κ2) is 7.33. The molecule has 0 heterocycles. The van der Waals surface area contributed by atoms with Gasteiger partial charge in [-0.1, -0.05) is 30.3 Å². The summed E-state index contributed by atoms with van der Waals surface area (Å²) in [6.45, 7) is 2.65. The van der Waals surface area contributed by atoms with Crippen molar-refractivity contribution in [3.8, 4) is 11.5 Å². The normalized spacial score (nSPS) is 10.1. The van der Waals surface area contributed by atoms with Gasteiger partial charge in [0.05, 0.1) is 13.0 Å². The number of benzene rings is 2. The number of carbonyl (C=O) groups excluding carboxylic acids is 1. The van der Waals surface area contributed by atoms with Gasteiger partial charge in [0.1, 0.15) is 18.1 Å². The first-order valence-corrected chi connectivity index (χ1v) is 6.83. The Morgan fingerprint density at radius 2 is 1.95 bits per heavy atom. The fourth-order valence-electron chi connectivity index (χ4n) is 1.96. The van der Waals surface area contributed by atoms with Crippen molar-refractivity contribution in [3.05, 3.63) is 59.7 Å². The lowest BCUT2D eigenvalue weighted by molar-refractivity contribution is -0.144. The number of phenols is 1.